The molecular formula is C13H16N2O3. The summed E-state index contributed by atoms with van der Waals surface area (Å²) in [7, 11) is 0. The Kier molecular flexibility index (Phi) is 2.63. The summed E-state index contributed by atoms with van der Waals surface area (Å²) in [6.07, 6.45) is 1.44. The maximum absolute atomic E-state index is 12.0. The van der Waals surface area contributed by atoms with Gasteiger partial charge in [0.2, 0.25) is 0 Å². The van der Waals surface area contributed by atoms with Crippen LogP contribution in [0.15, 0.2) is 24.3 Å². The number of para-hydroxylation sites is 2. The SMILES string of the molecule is Nc1ccccc1N1CC2(CCCOC2)OC1=O. The van der Waals surface area contributed by atoms with E-state index in [1.165, 1.54) is 0 Å². The highest BCUT2D eigenvalue weighted by Gasteiger charge is 2.47. The summed E-state index contributed by atoms with van der Waals surface area (Å²) in [5, 5.41) is 0. The minimum absolute atomic E-state index is 0.335. The van der Waals surface area contributed by atoms with Gasteiger partial charge in [0.25, 0.3) is 0 Å². The van der Waals surface area contributed by atoms with Crippen LogP contribution >= 0.6 is 0 Å². The topological polar surface area (TPSA) is 64.8 Å². The Labute approximate surface area is 105 Å². The Morgan fingerprint density at radius 2 is 2.17 bits per heavy atom. The van der Waals surface area contributed by atoms with Gasteiger partial charge in [-0.05, 0) is 25.0 Å². The molecule has 0 aliphatic carbocycles. The van der Waals surface area contributed by atoms with E-state index in [-0.39, 0.29) is 6.09 Å². The highest BCUT2D eigenvalue weighted by atomic mass is 16.6. The summed E-state index contributed by atoms with van der Waals surface area (Å²) in [5.74, 6) is 0. The molecule has 1 spiro atoms. The number of rotatable bonds is 1. The number of amides is 1. The van der Waals surface area contributed by atoms with E-state index in [9.17, 15) is 4.79 Å². The van der Waals surface area contributed by atoms with E-state index in [4.69, 9.17) is 15.2 Å². The lowest BCUT2D eigenvalue weighted by Gasteiger charge is -2.30. The minimum atomic E-state index is -0.488. The highest BCUT2D eigenvalue weighted by molar-refractivity contribution is 5.93. The van der Waals surface area contributed by atoms with Gasteiger partial charge in [0.1, 0.15) is 0 Å². The third-order valence-corrected chi connectivity index (χ3v) is 3.48. The normalized spacial score (nSPS) is 27.6. The first-order valence-corrected chi connectivity index (χ1v) is 6.13. The number of nitrogens with zero attached hydrogens (tertiary/aromatic N) is 1. The maximum Gasteiger partial charge on any atom is 0.415 e. The monoisotopic (exact) mass is 248 g/mol. The molecule has 1 amide bonds. The molecule has 2 heterocycles. The lowest BCUT2D eigenvalue weighted by Crippen LogP contribution is -2.42. The van der Waals surface area contributed by atoms with Crippen LogP contribution in [-0.2, 0) is 9.47 Å². The number of hydrogen-bond acceptors (Lipinski definition) is 4. The molecule has 1 aromatic carbocycles. The van der Waals surface area contributed by atoms with E-state index in [1.807, 2.05) is 18.2 Å². The maximum atomic E-state index is 12.0. The predicted molar refractivity (Wildman–Crippen MR) is 67.5 cm³/mol. The standard InChI is InChI=1S/C13H16N2O3/c14-10-4-1-2-5-11(10)15-8-13(18-12(15)16)6-3-7-17-9-13/h1-2,4-5H,3,6-9,14H2. The quantitative estimate of drug-likeness (QED) is 0.769. The molecule has 1 atom stereocenters. The van der Waals surface area contributed by atoms with Crippen LogP contribution in [0.25, 0.3) is 0 Å². The van der Waals surface area contributed by atoms with Crippen molar-refractivity contribution in [1.82, 2.24) is 0 Å². The molecule has 2 fully saturated rings. The van der Waals surface area contributed by atoms with Crippen molar-refractivity contribution in [3.05, 3.63) is 24.3 Å². The summed E-state index contributed by atoms with van der Waals surface area (Å²) in [5.41, 5.74) is 6.71. The Bertz CT molecular complexity index is 469. The molecule has 18 heavy (non-hydrogen) atoms. The van der Waals surface area contributed by atoms with Crippen molar-refractivity contribution in [3.8, 4) is 0 Å². The fourth-order valence-corrected chi connectivity index (χ4v) is 2.57. The number of hydrogen-bond donors (Lipinski definition) is 1. The average Bonchev–Trinajstić information content (AvgIpc) is 2.67. The first-order chi connectivity index (χ1) is 8.70. The Morgan fingerprint density at radius 1 is 1.33 bits per heavy atom. The first kappa shape index (κ1) is 11.3. The summed E-state index contributed by atoms with van der Waals surface area (Å²) >= 11 is 0. The van der Waals surface area contributed by atoms with E-state index in [2.05, 4.69) is 0 Å². The largest absolute Gasteiger partial charge is 0.438 e. The van der Waals surface area contributed by atoms with Gasteiger partial charge in [-0.3, -0.25) is 4.90 Å². The van der Waals surface area contributed by atoms with Gasteiger partial charge in [-0.15, -0.1) is 0 Å². The minimum Gasteiger partial charge on any atom is -0.438 e. The van der Waals surface area contributed by atoms with Gasteiger partial charge < -0.3 is 15.2 Å². The number of nitrogen functional groups attached to an aromatic ring is 1. The van der Waals surface area contributed by atoms with Crippen molar-refractivity contribution in [2.24, 2.45) is 0 Å². The molecule has 0 bridgehead atoms. The van der Waals surface area contributed by atoms with Crippen LogP contribution in [0.3, 0.4) is 0 Å². The van der Waals surface area contributed by atoms with E-state index in [0.717, 1.165) is 19.4 Å². The van der Waals surface area contributed by atoms with Crippen LogP contribution in [0, 0.1) is 0 Å². The zero-order valence-corrected chi connectivity index (χ0v) is 10.1. The number of carbonyl (C=O) groups is 1. The predicted octanol–water partition coefficient (Wildman–Crippen LogP) is 1.77. The molecule has 1 aromatic rings. The van der Waals surface area contributed by atoms with Gasteiger partial charge in [-0.1, -0.05) is 12.1 Å². The van der Waals surface area contributed by atoms with Gasteiger partial charge in [-0.2, -0.15) is 0 Å². The lowest BCUT2D eigenvalue weighted by molar-refractivity contribution is -0.0643. The van der Waals surface area contributed by atoms with Gasteiger partial charge in [0, 0.05) is 6.61 Å². The summed E-state index contributed by atoms with van der Waals surface area (Å²) < 4.78 is 11.0. The third-order valence-electron chi connectivity index (χ3n) is 3.48. The van der Waals surface area contributed by atoms with Crippen molar-refractivity contribution in [2.75, 3.05) is 30.4 Å². The van der Waals surface area contributed by atoms with E-state index < -0.39 is 5.60 Å². The number of anilines is 2. The molecule has 0 radical (unpaired) electrons. The molecular weight excluding hydrogens is 232 g/mol. The first-order valence-electron chi connectivity index (χ1n) is 6.13. The molecule has 1 unspecified atom stereocenters. The zero-order chi connectivity index (χ0) is 12.6. The second-order valence-electron chi connectivity index (χ2n) is 4.85. The number of carbonyl (C=O) groups excluding carboxylic acids is 1. The van der Waals surface area contributed by atoms with Gasteiger partial charge in [-0.25, -0.2) is 4.79 Å². The van der Waals surface area contributed by atoms with Gasteiger partial charge >= 0.3 is 6.09 Å². The fourth-order valence-electron chi connectivity index (χ4n) is 2.57. The molecule has 0 aromatic heterocycles. The number of benzene rings is 1. The number of nitrogens with two attached hydrogens (primary N) is 1. The van der Waals surface area contributed by atoms with Gasteiger partial charge in [0.15, 0.2) is 5.60 Å². The number of ether oxygens (including phenoxy) is 2. The molecule has 3 rings (SSSR count). The van der Waals surface area contributed by atoms with Gasteiger partial charge in [0.05, 0.1) is 24.5 Å². The summed E-state index contributed by atoms with van der Waals surface area (Å²) in [6, 6.07) is 7.32. The Morgan fingerprint density at radius 3 is 2.89 bits per heavy atom. The molecule has 2 aliphatic rings. The fraction of sp³-hybridized carbons (Fsp3) is 0.462. The highest BCUT2D eigenvalue weighted by Crippen LogP contribution is 2.35. The van der Waals surface area contributed by atoms with Crippen LogP contribution in [0.1, 0.15) is 12.8 Å². The van der Waals surface area contributed by atoms with E-state index >= 15 is 0 Å². The van der Waals surface area contributed by atoms with Crippen LogP contribution < -0.4 is 10.6 Å². The third kappa shape index (κ3) is 1.80. The molecule has 2 aliphatic heterocycles. The molecule has 2 saturated heterocycles. The summed E-state index contributed by atoms with van der Waals surface area (Å²) in [6.45, 7) is 1.73. The van der Waals surface area contributed by atoms with Crippen LogP contribution in [-0.4, -0.2) is 31.5 Å². The van der Waals surface area contributed by atoms with Crippen molar-refractivity contribution < 1.29 is 14.3 Å². The van der Waals surface area contributed by atoms with Crippen molar-refractivity contribution in [3.63, 3.8) is 0 Å². The molecule has 96 valence electrons. The second-order valence-corrected chi connectivity index (χ2v) is 4.85. The van der Waals surface area contributed by atoms with Crippen LogP contribution in [0.2, 0.25) is 0 Å². The zero-order valence-electron chi connectivity index (χ0n) is 10.1. The van der Waals surface area contributed by atoms with Crippen molar-refractivity contribution >= 4 is 17.5 Å². The van der Waals surface area contributed by atoms with E-state index in [0.29, 0.717) is 24.5 Å². The lowest BCUT2D eigenvalue weighted by atomic mass is 9.96. The average molecular weight is 248 g/mol. The molecule has 0 saturated carbocycles. The molecule has 2 N–H and O–H groups in total. The second kappa shape index (κ2) is 4.17. The molecule has 5 heteroatoms. The Hall–Kier alpha value is -1.75. The Balaban J connectivity index is 1.87. The van der Waals surface area contributed by atoms with E-state index in [1.54, 1.807) is 11.0 Å². The smallest absolute Gasteiger partial charge is 0.415 e. The molecule has 5 nitrogen and oxygen atoms in total. The van der Waals surface area contributed by atoms with Crippen molar-refractivity contribution in [1.29, 1.82) is 0 Å². The van der Waals surface area contributed by atoms with Crippen LogP contribution in [0.5, 0.6) is 0 Å². The van der Waals surface area contributed by atoms with Crippen molar-refractivity contribution in [2.45, 2.75) is 18.4 Å². The van der Waals surface area contributed by atoms with Crippen LogP contribution in [0.4, 0.5) is 16.2 Å². The summed E-state index contributed by atoms with van der Waals surface area (Å²) in [4.78, 5) is 13.6.